The van der Waals surface area contributed by atoms with Gasteiger partial charge in [0.05, 0.1) is 6.04 Å². The molecule has 0 saturated heterocycles. The minimum Gasteiger partial charge on any atom is -0.375 e. The Hall–Kier alpha value is -3.49. The van der Waals surface area contributed by atoms with Gasteiger partial charge >= 0.3 is 0 Å². The molecule has 35 heavy (non-hydrogen) atoms. The molecule has 180 valence electrons. The number of benzene rings is 3. The number of hydrogen-bond acceptors (Lipinski definition) is 5. The van der Waals surface area contributed by atoms with Crippen LogP contribution in [0.15, 0.2) is 84.0 Å². The van der Waals surface area contributed by atoms with Gasteiger partial charge < -0.3 is 10.1 Å². The number of thioether (sulfide) groups is 1. The molecule has 8 heteroatoms. The van der Waals surface area contributed by atoms with Gasteiger partial charge in [-0.2, -0.15) is 0 Å². The number of aromatic nitrogens is 3. The Morgan fingerprint density at radius 2 is 1.71 bits per heavy atom. The van der Waals surface area contributed by atoms with Crippen molar-refractivity contribution in [2.75, 3.05) is 13.7 Å². The van der Waals surface area contributed by atoms with Crippen LogP contribution in [0.4, 0.5) is 4.39 Å². The first-order chi connectivity index (χ1) is 17.0. The SMILES string of the molecule is COCC(=O)NC(Cc1ccccc1)c1nnc(SCc2ccc(F)cc2)n1-c1ccc(C)cc1. The van der Waals surface area contributed by atoms with E-state index in [2.05, 4.69) is 15.5 Å². The van der Waals surface area contributed by atoms with Crippen LogP contribution in [0.2, 0.25) is 0 Å². The predicted molar refractivity (Wildman–Crippen MR) is 135 cm³/mol. The number of halogens is 1. The predicted octanol–water partition coefficient (Wildman–Crippen LogP) is 5.05. The van der Waals surface area contributed by atoms with Crippen LogP contribution in [-0.4, -0.2) is 34.4 Å². The fourth-order valence-corrected chi connectivity index (χ4v) is 4.60. The molecule has 4 aromatic rings. The molecule has 4 rings (SSSR count). The number of hydrogen-bond donors (Lipinski definition) is 1. The number of methoxy groups -OCH3 is 1. The molecular weight excluding hydrogens is 463 g/mol. The van der Waals surface area contributed by atoms with Gasteiger partial charge in [0.25, 0.3) is 0 Å². The lowest BCUT2D eigenvalue weighted by molar-refractivity contribution is -0.125. The van der Waals surface area contributed by atoms with Gasteiger partial charge in [0, 0.05) is 18.6 Å². The van der Waals surface area contributed by atoms with E-state index >= 15 is 0 Å². The van der Waals surface area contributed by atoms with Crippen LogP contribution < -0.4 is 5.32 Å². The number of rotatable bonds is 10. The third-order valence-electron chi connectivity index (χ3n) is 5.44. The summed E-state index contributed by atoms with van der Waals surface area (Å²) in [6.07, 6.45) is 0.545. The first-order valence-corrected chi connectivity index (χ1v) is 12.2. The first-order valence-electron chi connectivity index (χ1n) is 11.3. The highest BCUT2D eigenvalue weighted by Crippen LogP contribution is 2.29. The van der Waals surface area contributed by atoms with Crippen molar-refractivity contribution in [1.82, 2.24) is 20.1 Å². The largest absolute Gasteiger partial charge is 0.375 e. The van der Waals surface area contributed by atoms with Crippen LogP contribution in [0.1, 0.15) is 28.6 Å². The Kier molecular flexibility index (Phi) is 8.28. The molecule has 0 saturated carbocycles. The summed E-state index contributed by atoms with van der Waals surface area (Å²) in [6.45, 7) is 1.99. The zero-order valence-electron chi connectivity index (χ0n) is 19.6. The molecule has 1 atom stereocenters. The van der Waals surface area contributed by atoms with Crippen molar-refractivity contribution in [3.8, 4) is 5.69 Å². The molecule has 1 amide bonds. The average molecular weight is 491 g/mol. The number of carbonyl (C=O) groups excluding carboxylic acids is 1. The van der Waals surface area contributed by atoms with Crippen molar-refractivity contribution in [1.29, 1.82) is 0 Å². The van der Waals surface area contributed by atoms with E-state index in [-0.39, 0.29) is 18.3 Å². The molecule has 0 aliphatic carbocycles. The summed E-state index contributed by atoms with van der Waals surface area (Å²) in [4.78, 5) is 12.5. The average Bonchev–Trinajstić information content (AvgIpc) is 3.28. The summed E-state index contributed by atoms with van der Waals surface area (Å²) < 4.78 is 20.3. The van der Waals surface area contributed by atoms with Gasteiger partial charge in [-0.05, 0) is 48.7 Å². The van der Waals surface area contributed by atoms with Crippen molar-refractivity contribution in [2.45, 2.75) is 30.3 Å². The monoisotopic (exact) mass is 490 g/mol. The van der Waals surface area contributed by atoms with E-state index in [1.807, 2.05) is 66.1 Å². The lowest BCUT2D eigenvalue weighted by Crippen LogP contribution is -2.34. The quantitative estimate of drug-likeness (QED) is 0.315. The minimum absolute atomic E-state index is 0.0455. The van der Waals surface area contributed by atoms with E-state index in [4.69, 9.17) is 4.74 Å². The lowest BCUT2D eigenvalue weighted by atomic mass is 10.0. The van der Waals surface area contributed by atoms with E-state index in [1.165, 1.54) is 31.0 Å². The molecule has 0 fully saturated rings. The van der Waals surface area contributed by atoms with Gasteiger partial charge in [-0.25, -0.2) is 4.39 Å². The summed E-state index contributed by atoms with van der Waals surface area (Å²) in [5.41, 5.74) is 4.08. The molecule has 0 aliphatic rings. The van der Waals surface area contributed by atoms with Crippen molar-refractivity contribution in [3.05, 3.63) is 107 Å². The maximum Gasteiger partial charge on any atom is 0.246 e. The van der Waals surface area contributed by atoms with E-state index in [1.54, 1.807) is 12.1 Å². The van der Waals surface area contributed by atoms with Crippen molar-refractivity contribution in [3.63, 3.8) is 0 Å². The highest BCUT2D eigenvalue weighted by molar-refractivity contribution is 7.98. The van der Waals surface area contributed by atoms with Crippen molar-refractivity contribution in [2.24, 2.45) is 0 Å². The smallest absolute Gasteiger partial charge is 0.246 e. The Labute approximate surface area is 208 Å². The highest BCUT2D eigenvalue weighted by atomic mass is 32.2. The zero-order valence-corrected chi connectivity index (χ0v) is 20.5. The fourth-order valence-electron chi connectivity index (χ4n) is 3.69. The van der Waals surface area contributed by atoms with Crippen LogP contribution in [0.25, 0.3) is 5.69 Å². The highest BCUT2D eigenvalue weighted by Gasteiger charge is 2.25. The molecule has 1 unspecified atom stereocenters. The van der Waals surface area contributed by atoms with Crippen LogP contribution in [-0.2, 0) is 21.7 Å². The standard InChI is InChI=1S/C27H27FN4O2S/c1-19-8-14-23(15-9-19)32-26(30-31-27(32)35-18-21-10-12-22(28)13-11-21)24(29-25(33)17-34-2)16-20-6-4-3-5-7-20/h3-15,24H,16-18H2,1-2H3,(H,29,33). The zero-order chi connectivity index (χ0) is 24.6. The van der Waals surface area contributed by atoms with Crippen LogP contribution >= 0.6 is 11.8 Å². The van der Waals surface area contributed by atoms with Crippen LogP contribution in [0.5, 0.6) is 0 Å². The Morgan fingerprint density at radius 3 is 2.40 bits per heavy atom. The van der Waals surface area contributed by atoms with Gasteiger partial charge in [-0.1, -0.05) is 71.9 Å². The van der Waals surface area contributed by atoms with Gasteiger partial charge in [-0.15, -0.1) is 10.2 Å². The summed E-state index contributed by atoms with van der Waals surface area (Å²) in [5, 5.41) is 12.8. The van der Waals surface area contributed by atoms with Gasteiger partial charge in [0.1, 0.15) is 12.4 Å². The number of nitrogens with zero attached hydrogens (tertiary/aromatic N) is 3. The molecule has 0 aliphatic heterocycles. The van der Waals surface area contributed by atoms with Crippen molar-refractivity contribution >= 4 is 17.7 Å². The van der Waals surface area contributed by atoms with Crippen LogP contribution in [0.3, 0.4) is 0 Å². The third-order valence-corrected chi connectivity index (χ3v) is 6.44. The Bertz CT molecular complexity index is 1240. The van der Waals surface area contributed by atoms with Gasteiger partial charge in [-0.3, -0.25) is 9.36 Å². The maximum atomic E-state index is 13.3. The third kappa shape index (κ3) is 6.55. The second-order valence-electron chi connectivity index (χ2n) is 8.17. The summed E-state index contributed by atoms with van der Waals surface area (Å²) in [6, 6.07) is 24.0. The molecule has 6 nitrogen and oxygen atoms in total. The fraction of sp³-hybridized carbons (Fsp3) is 0.222. The molecule has 1 heterocycles. The maximum absolute atomic E-state index is 13.3. The number of aryl methyl sites for hydroxylation is 1. The lowest BCUT2D eigenvalue weighted by Gasteiger charge is -2.20. The summed E-state index contributed by atoms with van der Waals surface area (Å²) in [5.74, 6) is 0.736. The Morgan fingerprint density at radius 1 is 1.00 bits per heavy atom. The molecule has 1 aromatic heterocycles. The topological polar surface area (TPSA) is 69.0 Å². The Balaban J connectivity index is 1.71. The molecular formula is C27H27FN4O2S. The molecule has 3 aromatic carbocycles. The van der Waals surface area contributed by atoms with E-state index < -0.39 is 6.04 Å². The van der Waals surface area contributed by atoms with E-state index in [9.17, 15) is 9.18 Å². The molecule has 0 bridgehead atoms. The molecule has 0 radical (unpaired) electrons. The van der Waals surface area contributed by atoms with Gasteiger partial charge in [0.15, 0.2) is 11.0 Å². The van der Waals surface area contributed by atoms with Crippen LogP contribution in [0, 0.1) is 12.7 Å². The van der Waals surface area contributed by atoms with Crippen molar-refractivity contribution < 1.29 is 13.9 Å². The number of carbonyl (C=O) groups is 1. The molecule has 1 N–H and O–H groups in total. The first kappa shape index (κ1) is 24.6. The normalized spacial score (nSPS) is 11.9. The molecule has 0 spiro atoms. The number of nitrogens with one attached hydrogen (secondary N) is 1. The van der Waals surface area contributed by atoms with Gasteiger partial charge in [0.2, 0.25) is 5.91 Å². The summed E-state index contributed by atoms with van der Waals surface area (Å²) in [7, 11) is 1.49. The van der Waals surface area contributed by atoms with E-state index in [0.29, 0.717) is 23.2 Å². The second-order valence-corrected chi connectivity index (χ2v) is 9.11. The summed E-state index contributed by atoms with van der Waals surface area (Å²) >= 11 is 1.51. The number of amides is 1. The minimum atomic E-state index is -0.422. The van der Waals surface area contributed by atoms with E-state index in [0.717, 1.165) is 22.4 Å². The second kappa shape index (κ2) is 11.8. The number of ether oxygens (including phenoxy) is 1.